The molecule has 1 aliphatic carbocycles. The summed E-state index contributed by atoms with van der Waals surface area (Å²) in [6.07, 6.45) is 9.17. The van der Waals surface area contributed by atoms with Gasteiger partial charge in [-0.2, -0.15) is 4.98 Å². The number of aromatic nitrogens is 2. The second-order valence-corrected chi connectivity index (χ2v) is 6.86. The van der Waals surface area contributed by atoms with E-state index in [1.54, 1.807) is 0 Å². The van der Waals surface area contributed by atoms with E-state index in [1.165, 1.54) is 44.9 Å². The van der Waals surface area contributed by atoms with Gasteiger partial charge in [-0.25, -0.2) is 4.98 Å². The van der Waals surface area contributed by atoms with Crippen LogP contribution in [0.25, 0.3) is 0 Å². The van der Waals surface area contributed by atoms with Crippen LogP contribution in [0.3, 0.4) is 0 Å². The molecule has 0 radical (unpaired) electrons. The number of aryl methyl sites for hydroxylation is 1. The summed E-state index contributed by atoms with van der Waals surface area (Å²) in [5, 5.41) is 3.56. The van der Waals surface area contributed by atoms with Gasteiger partial charge in [-0.05, 0) is 38.5 Å². The normalized spacial score (nSPS) is 24.1. The van der Waals surface area contributed by atoms with Crippen LogP contribution in [0.2, 0.25) is 0 Å². The van der Waals surface area contributed by atoms with Crippen LogP contribution in [0.5, 0.6) is 0 Å². The van der Waals surface area contributed by atoms with Crippen molar-refractivity contribution in [3.8, 4) is 0 Å². The number of rotatable bonds is 3. The molecule has 1 unspecified atom stereocenters. The minimum Gasteiger partial charge on any atom is -0.356 e. The van der Waals surface area contributed by atoms with Gasteiger partial charge in [0.05, 0.1) is 0 Å². The van der Waals surface area contributed by atoms with Crippen molar-refractivity contribution in [3.05, 3.63) is 11.8 Å². The van der Waals surface area contributed by atoms with E-state index < -0.39 is 0 Å². The number of hydrogen-bond donors (Lipinski definition) is 1. The highest BCUT2D eigenvalue weighted by Crippen LogP contribution is 2.24. The van der Waals surface area contributed by atoms with Gasteiger partial charge in [0.2, 0.25) is 5.95 Å². The van der Waals surface area contributed by atoms with E-state index in [0.717, 1.165) is 36.5 Å². The summed E-state index contributed by atoms with van der Waals surface area (Å²) in [7, 11) is 0. The van der Waals surface area contributed by atoms with Crippen LogP contribution in [-0.4, -0.2) is 29.1 Å². The van der Waals surface area contributed by atoms with E-state index in [2.05, 4.69) is 35.1 Å². The number of anilines is 2. The molecule has 1 aromatic heterocycles. The highest BCUT2D eigenvalue weighted by molar-refractivity contribution is 5.45. The van der Waals surface area contributed by atoms with Crippen molar-refractivity contribution in [2.75, 3.05) is 23.3 Å². The van der Waals surface area contributed by atoms with Crippen molar-refractivity contribution in [2.45, 2.75) is 64.8 Å². The van der Waals surface area contributed by atoms with Crippen molar-refractivity contribution >= 4 is 11.8 Å². The fourth-order valence-electron chi connectivity index (χ4n) is 3.61. The fraction of sp³-hybridized carbons (Fsp3) is 0.765. The third-order valence-electron chi connectivity index (χ3n) is 4.76. The number of hydrogen-bond acceptors (Lipinski definition) is 4. The van der Waals surface area contributed by atoms with Gasteiger partial charge in [0.1, 0.15) is 5.82 Å². The minimum atomic E-state index is 0.564. The lowest BCUT2D eigenvalue weighted by Crippen LogP contribution is -2.35. The van der Waals surface area contributed by atoms with Gasteiger partial charge < -0.3 is 10.2 Å². The molecule has 21 heavy (non-hydrogen) atoms. The van der Waals surface area contributed by atoms with E-state index in [4.69, 9.17) is 4.98 Å². The molecular formula is C17H28N4. The molecule has 0 spiro atoms. The number of piperidine rings is 1. The third kappa shape index (κ3) is 3.86. The average Bonchev–Trinajstić information content (AvgIpc) is 2.48. The van der Waals surface area contributed by atoms with Crippen LogP contribution in [0.1, 0.15) is 57.6 Å². The summed E-state index contributed by atoms with van der Waals surface area (Å²) in [4.78, 5) is 11.8. The predicted molar refractivity (Wildman–Crippen MR) is 87.9 cm³/mol. The number of nitrogens with zero attached hydrogens (tertiary/aromatic N) is 3. The molecule has 1 N–H and O–H groups in total. The SMILES string of the molecule is Cc1cc(N2CCCC(C)C2)nc(NC2CCCCC2)n1. The Morgan fingerprint density at radius 2 is 1.90 bits per heavy atom. The van der Waals surface area contributed by atoms with Crippen LogP contribution >= 0.6 is 0 Å². The second kappa shape index (κ2) is 6.63. The van der Waals surface area contributed by atoms with E-state index in [-0.39, 0.29) is 0 Å². The van der Waals surface area contributed by atoms with E-state index in [1.807, 2.05) is 0 Å². The van der Waals surface area contributed by atoms with Crippen LogP contribution in [0, 0.1) is 12.8 Å². The van der Waals surface area contributed by atoms with Gasteiger partial charge in [-0.1, -0.05) is 26.2 Å². The Bertz CT molecular complexity index is 468. The largest absolute Gasteiger partial charge is 0.356 e. The summed E-state index contributed by atoms with van der Waals surface area (Å²) >= 11 is 0. The standard InChI is InChI=1S/C17H28N4/c1-13-7-6-10-21(12-13)16-11-14(2)18-17(20-16)19-15-8-4-3-5-9-15/h11,13,15H,3-10,12H2,1-2H3,(H,18,19,20). The summed E-state index contributed by atoms with van der Waals surface area (Å²) in [6, 6.07) is 2.69. The van der Waals surface area contributed by atoms with Gasteiger partial charge >= 0.3 is 0 Å². The highest BCUT2D eigenvalue weighted by Gasteiger charge is 2.19. The first-order valence-electron chi connectivity index (χ1n) is 8.58. The van der Waals surface area contributed by atoms with Crippen molar-refractivity contribution in [1.82, 2.24) is 9.97 Å². The lowest BCUT2D eigenvalue weighted by molar-refractivity contribution is 0.444. The van der Waals surface area contributed by atoms with Crippen molar-refractivity contribution in [1.29, 1.82) is 0 Å². The summed E-state index contributed by atoms with van der Waals surface area (Å²) in [5.41, 5.74) is 1.07. The maximum atomic E-state index is 4.79. The lowest BCUT2D eigenvalue weighted by atomic mass is 9.96. The highest BCUT2D eigenvalue weighted by atomic mass is 15.2. The molecule has 4 heteroatoms. The average molecular weight is 288 g/mol. The first-order chi connectivity index (χ1) is 10.2. The first-order valence-corrected chi connectivity index (χ1v) is 8.58. The third-order valence-corrected chi connectivity index (χ3v) is 4.76. The van der Waals surface area contributed by atoms with Gasteiger partial charge in [-0.15, -0.1) is 0 Å². The quantitative estimate of drug-likeness (QED) is 0.919. The Labute approximate surface area is 128 Å². The summed E-state index contributed by atoms with van der Waals surface area (Å²) in [6.45, 7) is 6.66. The van der Waals surface area contributed by atoms with Crippen LogP contribution < -0.4 is 10.2 Å². The van der Waals surface area contributed by atoms with Gasteiger partial charge in [0.15, 0.2) is 0 Å². The Kier molecular flexibility index (Phi) is 4.61. The van der Waals surface area contributed by atoms with E-state index in [9.17, 15) is 0 Å². The predicted octanol–water partition coefficient (Wildman–Crippen LogP) is 3.77. The van der Waals surface area contributed by atoms with Gasteiger partial charge in [0, 0.05) is 30.9 Å². The maximum Gasteiger partial charge on any atom is 0.225 e. The molecule has 116 valence electrons. The number of nitrogens with one attached hydrogen (secondary N) is 1. The molecular weight excluding hydrogens is 260 g/mol. The maximum absolute atomic E-state index is 4.79. The summed E-state index contributed by atoms with van der Waals surface area (Å²) < 4.78 is 0. The van der Waals surface area contributed by atoms with Gasteiger partial charge in [-0.3, -0.25) is 0 Å². The van der Waals surface area contributed by atoms with E-state index in [0.29, 0.717) is 6.04 Å². The first kappa shape index (κ1) is 14.6. The zero-order valence-electron chi connectivity index (χ0n) is 13.4. The molecule has 4 nitrogen and oxygen atoms in total. The zero-order valence-corrected chi connectivity index (χ0v) is 13.4. The molecule has 0 aromatic carbocycles. The molecule has 0 amide bonds. The molecule has 1 saturated heterocycles. The molecule has 2 fully saturated rings. The molecule has 0 bridgehead atoms. The second-order valence-electron chi connectivity index (χ2n) is 6.86. The lowest BCUT2D eigenvalue weighted by Gasteiger charge is -2.32. The van der Waals surface area contributed by atoms with Crippen molar-refractivity contribution in [2.24, 2.45) is 5.92 Å². The van der Waals surface area contributed by atoms with Crippen LogP contribution in [-0.2, 0) is 0 Å². The Hall–Kier alpha value is -1.32. The van der Waals surface area contributed by atoms with Gasteiger partial charge in [0.25, 0.3) is 0 Å². The molecule has 1 aliphatic heterocycles. The molecule has 1 aromatic rings. The fourth-order valence-corrected chi connectivity index (χ4v) is 3.61. The minimum absolute atomic E-state index is 0.564. The smallest absolute Gasteiger partial charge is 0.225 e. The Balaban J connectivity index is 1.72. The topological polar surface area (TPSA) is 41.1 Å². The zero-order chi connectivity index (χ0) is 14.7. The molecule has 3 rings (SSSR count). The monoisotopic (exact) mass is 288 g/mol. The van der Waals surface area contributed by atoms with Crippen molar-refractivity contribution < 1.29 is 0 Å². The van der Waals surface area contributed by atoms with Crippen LogP contribution in [0.15, 0.2) is 6.07 Å². The molecule has 2 aliphatic rings. The van der Waals surface area contributed by atoms with E-state index >= 15 is 0 Å². The van der Waals surface area contributed by atoms with Crippen molar-refractivity contribution in [3.63, 3.8) is 0 Å². The molecule has 2 heterocycles. The molecule has 1 saturated carbocycles. The summed E-state index contributed by atoms with van der Waals surface area (Å²) in [5.74, 6) is 2.70. The Morgan fingerprint density at radius 1 is 1.10 bits per heavy atom. The van der Waals surface area contributed by atoms with Crippen LogP contribution in [0.4, 0.5) is 11.8 Å². The molecule has 1 atom stereocenters. The Morgan fingerprint density at radius 3 is 2.67 bits per heavy atom.